The van der Waals surface area contributed by atoms with Gasteiger partial charge in [-0.1, -0.05) is 36.9 Å². The van der Waals surface area contributed by atoms with Gasteiger partial charge in [0.15, 0.2) is 0 Å². The third-order valence-electron chi connectivity index (χ3n) is 4.23. The molecule has 0 saturated heterocycles. The molecule has 0 aliphatic heterocycles. The average molecular weight is 404 g/mol. The second kappa shape index (κ2) is 8.43. The average Bonchev–Trinajstić information content (AvgIpc) is 3.10. The van der Waals surface area contributed by atoms with E-state index < -0.39 is 31.3 Å². The zero-order chi connectivity index (χ0) is 21.0. The van der Waals surface area contributed by atoms with Crippen LogP contribution >= 0.6 is 0 Å². The summed E-state index contributed by atoms with van der Waals surface area (Å²) in [5.41, 5.74) is 1.42. The number of hydrogen-bond donors (Lipinski definition) is 0. The lowest BCUT2D eigenvalue weighted by atomic mass is 10.1. The molecule has 1 heterocycles. The molecule has 3 rings (SSSR count). The highest BCUT2D eigenvalue weighted by Gasteiger charge is 2.41. The molecule has 7 heteroatoms. The van der Waals surface area contributed by atoms with Gasteiger partial charge in [-0.2, -0.15) is 13.2 Å². The lowest BCUT2D eigenvalue weighted by Gasteiger charge is -2.20. The van der Waals surface area contributed by atoms with Crippen molar-refractivity contribution < 1.29 is 31.9 Å². The Morgan fingerprint density at radius 2 is 1.83 bits per heavy atom. The van der Waals surface area contributed by atoms with Crippen LogP contribution in [0, 0.1) is 5.92 Å². The maximum absolute atomic E-state index is 13.2. The quantitative estimate of drug-likeness (QED) is 0.370. The molecule has 1 atom stereocenters. The summed E-state index contributed by atoms with van der Waals surface area (Å²) in [4.78, 5) is 11.4. The van der Waals surface area contributed by atoms with E-state index in [1.165, 1.54) is 13.0 Å². The van der Waals surface area contributed by atoms with Crippen molar-refractivity contribution in [3.63, 3.8) is 0 Å². The Labute approximate surface area is 165 Å². The van der Waals surface area contributed by atoms with Crippen molar-refractivity contribution in [1.29, 1.82) is 0 Å². The Morgan fingerprint density at radius 3 is 2.48 bits per heavy atom. The molecule has 1 aromatic heterocycles. The predicted octanol–water partition coefficient (Wildman–Crippen LogP) is 5.78. The number of alkyl halides is 3. The van der Waals surface area contributed by atoms with Crippen molar-refractivity contribution >= 4 is 16.9 Å². The van der Waals surface area contributed by atoms with Gasteiger partial charge < -0.3 is 13.9 Å². The van der Waals surface area contributed by atoms with Crippen LogP contribution in [0.2, 0.25) is 0 Å². The van der Waals surface area contributed by atoms with Crippen LogP contribution in [0.3, 0.4) is 0 Å². The molecule has 4 nitrogen and oxygen atoms in total. The number of ether oxygens (including phenoxy) is 2. The summed E-state index contributed by atoms with van der Waals surface area (Å²) in [5.74, 6) is -1.95. The minimum Gasteiger partial charge on any atom is -0.493 e. The molecule has 1 unspecified atom stereocenters. The van der Waals surface area contributed by atoms with Crippen molar-refractivity contribution in [3.8, 4) is 17.1 Å². The monoisotopic (exact) mass is 404 g/mol. The highest BCUT2D eigenvalue weighted by Crippen LogP contribution is 2.31. The van der Waals surface area contributed by atoms with E-state index in [2.05, 4.69) is 11.3 Å². The van der Waals surface area contributed by atoms with Crippen molar-refractivity contribution in [3.05, 3.63) is 66.7 Å². The second-order valence-corrected chi connectivity index (χ2v) is 6.60. The summed E-state index contributed by atoms with van der Waals surface area (Å²) in [7, 11) is 0. The van der Waals surface area contributed by atoms with E-state index >= 15 is 0 Å². The number of benzene rings is 2. The van der Waals surface area contributed by atoms with Gasteiger partial charge in [-0.05, 0) is 25.1 Å². The summed E-state index contributed by atoms with van der Waals surface area (Å²) >= 11 is 0. The standard InChI is InChI=1S/C22H19F3O4/c1-14(2)21(26)28-13-17(22(23,24)25)12-27-18-9-8-16-10-19(29-20(16)11-18)15-6-4-3-5-7-15/h3-11,17H,1,12-13H2,2H3. The van der Waals surface area contributed by atoms with Gasteiger partial charge in [-0.25, -0.2) is 4.79 Å². The highest BCUT2D eigenvalue weighted by atomic mass is 19.4. The Kier molecular flexibility index (Phi) is 5.96. The van der Waals surface area contributed by atoms with Crippen LogP contribution in [0.4, 0.5) is 13.2 Å². The van der Waals surface area contributed by atoms with Gasteiger partial charge in [0, 0.05) is 22.6 Å². The zero-order valence-electron chi connectivity index (χ0n) is 15.7. The first-order valence-electron chi connectivity index (χ1n) is 8.85. The van der Waals surface area contributed by atoms with E-state index in [0.29, 0.717) is 11.3 Å². The van der Waals surface area contributed by atoms with Gasteiger partial charge in [0.2, 0.25) is 0 Å². The lowest BCUT2D eigenvalue weighted by Crippen LogP contribution is -2.33. The molecular weight excluding hydrogens is 385 g/mol. The van der Waals surface area contributed by atoms with Crippen LogP contribution in [0.1, 0.15) is 6.92 Å². The van der Waals surface area contributed by atoms with Crippen LogP contribution in [-0.2, 0) is 9.53 Å². The van der Waals surface area contributed by atoms with Crippen LogP contribution in [0.5, 0.6) is 5.75 Å². The lowest BCUT2D eigenvalue weighted by molar-refractivity contribution is -0.196. The molecule has 3 aromatic rings. The largest absolute Gasteiger partial charge is 0.493 e. The van der Waals surface area contributed by atoms with Crippen molar-refractivity contribution in [2.24, 2.45) is 5.92 Å². The summed E-state index contributed by atoms with van der Waals surface area (Å²) in [6, 6.07) is 16.1. The smallest absolute Gasteiger partial charge is 0.398 e. The fourth-order valence-corrected chi connectivity index (χ4v) is 2.58. The number of carbonyl (C=O) groups excluding carboxylic acids is 1. The van der Waals surface area contributed by atoms with Gasteiger partial charge in [0.05, 0.1) is 0 Å². The van der Waals surface area contributed by atoms with Crippen LogP contribution in [0.15, 0.2) is 71.2 Å². The van der Waals surface area contributed by atoms with E-state index in [1.54, 1.807) is 12.1 Å². The molecule has 0 saturated carbocycles. The molecule has 152 valence electrons. The fraction of sp³-hybridized carbons (Fsp3) is 0.227. The first-order valence-corrected chi connectivity index (χ1v) is 8.85. The van der Waals surface area contributed by atoms with E-state index in [0.717, 1.165) is 10.9 Å². The van der Waals surface area contributed by atoms with Gasteiger partial charge in [-0.3, -0.25) is 0 Å². The van der Waals surface area contributed by atoms with Crippen LogP contribution in [-0.4, -0.2) is 25.4 Å². The minimum absolute atomic E-state index is 0.0318. The maximum Gasteiger partial charge on any atom is 0.398 e. The maximum atomic E-state index is 13.2. The minimum atomic E-state index is -4.58. The third-order valence-corrected chi connectivity index (χ3v) is 4.23. The third kappa shape index (κ3) is 5.19. The van der Waals surface area contributed by atoms with E-state index in [4.69, 9.17) is 9.15 Å². The van der Waals surface area contributed by atoms with E-state index in [9.17, 15) is 18.0 Å². The summed E-state index contributed by atoms with van der Waals surface area (Å²) in [5, 5.41) is 0.805. The van der Waals surface area contributed by atoms with Gasteiger partial charge in [-0.15, -0.1) is 0 Å². The van der Waals surface area contributed by atoms with E-state index in [1.807, 2.05) is 36.4 Å². The topological polar surface area (TPSA) is 48.7 Å². The first kappa shape index (κ1) is 20.5. The van der Waals surface area contributed by atoms with Crippen molar-refractivity contribution in [2.75, 3.05) is 13.2 Å². The molecule has 0 aliphatic carbocycles. The Morgan fingerprint density at radius 1 is 1.10 bits per heavy atom. The van der Waals surface area contributed by atoms with Gasteiger partial charge >= 0.3 is 12.1 Å². The summed E-state index contributed by atoms with van der Waals surface area (Å²) in [6.07, 6.45) is -4.58. The number of fused-ring (bicyclic) bond motifs is 1. The number of carbonyl (C=O) groups is 1. The molecule has 0 spiro atoms. The van der Waals surface area contributed by atoms with E-state index in [-0.39, 0.29) is 11.3 Å². The first-order chi connectivity index (χ1) is 13.7. The Hall–Kier alpha value is -3.22. The molecule has 0 radical (unpaired) electrons. The second-order valence-electron chi connectivity index (χ2n) is 6.60. The number of esters is 1. The number of furan rings is 1. The highest BCUT2D eigenvalue weighted by molar-refractivity contribution is 5.87. The van der Waals surface area contributed by atoms with Crippen LogP contribution < -0.4 is 4.74 Å². The Bertz CT molecular complexity index is 1010. The Balaban J connectivity index is 1.71. The van der Waals surface area contributed by atoms with Crippen molar-refractivity contribution in [1.82, 2.24) is 0 Å². The summed E-state index contributed by atoms with van der Waals surface area (Å²) < 4.78 is 55.4. The summed E-state index contributed by atoms with van der Waals surface area (Å²) in [6.45, 7) is 3.18. The molecule has 0 aliphatic rings. The zero-order valence-corrected chi connectivity index (χ0v) is 15.7. The van der Waals surface area contributed by atoms with Crippen LogP contribution in [0.25, 0.3) is 22.3 Å². The SMILES string of the molecule is C=C(C)C(=O)OCC(COc1ccc2cc(-c3ccccc3)oc2c1)C(F)(F)F. The van der Waals surface area contributed by atoms with Gasteiger partial charge in [0.1, 0.15) is 36.2 Å². The molecule has 0 bridgehead atoms. The van der Waals surface area contributed by atoms with Gasteiger partial charge in [0.25, 0.3) is 0 Å². The predicted molar refractivity (Wildman–Crippen MR) is 102 cm³/mol. The molecule has 0 N–H and O–H groups in total. The molecule has 0 fully saturated rings. The molecule has 29 heavy (non-hydrogen) atoms. The number of rotatable bonds is 7. The normalized spacial score (nSPS) is 12.6. The number of hydrogen-bond acceptors (Lipinski definition) is 4. The number of halogens is 3. The molecule has 0 amide bonds. The molecular formula is C22H19F3O4. The fourth-order valence-electron chi connectivity index (χ4n) is 2.58. The van der Waals surface area contributed by atoms with Crippen molar-refractivity contribution in [2.45, 2.75) is 13.1 Å². The molecule has 2 aromatic carbocycles.